The summed E-state index contributed by atoms with van der Waals surface area (Å²) < 4.78 is 53.1. The second-order valence-corrected chi connectivity index (χ2v) is 46.0. The summed E-state index contributed by atoms with van der Waals surface area (Å²) in [4.78, 5) is 14.6. The van der Waals surface area contributed by atoms with Crippen LogP contribution in [0.1, 0.15) is 17.5 Å². The van der Waals surface area contributed by atoms with Gasteiger partial charge in [0.05, 0.1) is 50.2 Å². The number of hydrogen-bond acceptors (Lipinski definition) is 6. The first kappa shape index (κ1) is 85.9. The summed E-state index contributed by atoms with van der Waals surface area (Å²) in [7, 11) is -9.53. The lowest BCUT2D eigenvalue weighted by Crippen LogP contribution is -2.33. The van der Waals surface area contributed by atoms with Crippen molar-refractivity contribution in [3.05, 3.63) is 503 Å². The van der Waals surface area contributed by atoms with Crippen molar-refractivity contribution in [3.63, 3.8) is 0 Å². The lowest BCUT2D eigenvalue weighted by Gasteiger charge is -2.29. The Balaban J connectivity index is 0.000000113. The fourth-order valence-corrected chi connectivity index (χ4v) is 32.0. The summed E-state index contributed by atoms with van der Waals surface area (Å²) in [6.07, 6.45) is 0. The van der Waals surface area contributed by atoms with Gasteiger partial charge in [0.2, 0.25) is 0 Å². The lowest BCUT2D eigenvalue weighted by atomic mass is 9.84. The molecular formula is C132H89N6O3P3. The van der Waals surface area contributed by atoms with E-state index in [1.807, 2.05) is 172 Å². The van der Waals surface area contributed by atoms with Crippen LogP contribution in [-0.4, -0.2) is 28.7 Å². The van der Waals surface area contributed by atoms with E-state index < -0.39 is 21.4 Å². The summed E-state index contributed by atoms with van der Waals surface area (Å²) in [5, 5.41) is 22.3. The molecule has 3 unspecified atom stereocenters. The zero-order chi connectivity index (χ0) is 96.2. The van der Waals surface area contributed by atoms with Gasteiger partial charge in [-0.25, -0.2) is 15.0 Å². The van der Waals surface area contributed by atoms with Crippen LogP contribution in [0.25, 0.3) is 204 Å². The van der Waals surface area contributed by atoms with Gasteiger partial charge in [-0.15, -0.1) is 0 Å². The lowest BCUT2D eigenvalue weighted by molar-refractivity contribution is 0.591. The minimum absolute atomic E-state index is 0.831. The Morgan fingerprint density at radius 1 is 0.174 bits per heavy atom. The molecule has 12 heteroatoms. The first-order chi connectivity index (χ1) is 70.7. The molecule has 26 aromatic rings. The predicted molar refractivity (Wildman–Crippen MR) is 605 cm³/mol. The van der Waals surface area contributed by atoms with Gasteiger partial charge in [0.1, 0.15) is 17.5 Å². The van der Waals surface area contributed by atoms with Gasteiger partial charge in [-0.2, -0.15) is 0 Å². The number of nitrogens with zero attached hydrogens (tertiary/aromatic N) is 6. The molecule has 0 saturated carbocycles. The third-order valence-electron chi connectivity index (χ3n) is 29.7. The van der Waals surface area contributed by atoms with Crippen LogP contribution < -0.4 is 47.7 Å². The zero-order valence-corrected chi connectivity index (χ0v) is 81.6. The standard InChI is InChI=1S/C60H39N2OP.2C36H25N2OP/c1-38-61-54-20-11-21-56-60(54)62(38)55-33-31-46(37-57(55)64(56,63)49-16-3-2-4-17-49)42-24-22-41(23-25-42)45-30-32-52-53(36-45)59(48-29-27-40-13-6-8-15-44(40)35-48)51-19-10-9-18-50(51)58(52)47-28-26-39-12-5-7-14-43(39)34-47;1-24-37-32-13-8-14-34-36(32)38(24)33-20-19-30(23-35(33)40(34,39)31-11-6-3-7-12-31)29-18-17-27-21-26(15-16-28(27)22-29)25-9-4-2-5-10-25;1-24-37-32-12-7-13-34-36(32)38(24)33-21-20-30(23-35(33)40(34,39)31-10-3-2-4-11-31)27-16-14-26(15-17-27)29-19-18-25-8-5-6-9-28(25)22-29/h2-37H,1H3;2*2-23H,1H3. The maximum absolute atomic E-state index is 15.8. The van der Waals surface area contributed by atoms with E-state index in [0.29, 0.717) is 0 Å². The molecule has 6 heterocycles. The number of para-hydroxylation sites is 3. The molecule has 0 saturated heterocycles. The number of aryl methyl sites for hydroxylation is 3. The SMILES string of the molecule is Cc1nc2cccc3c2n1-c1ccc(-c2ccc(-c4ccc5c(-c6ccc7ccccc7c6)c6ccccc6c(-c6ccc7ccccc7c6)c5c4)cc2)cc1P3(=O)c1ccccc1.Cc1nc2cccc3c2n1-c1ccc(-c2ccc(-c4ccc5ccccc5c4)cc2)cc1P3(=O)c1ccccc1.Cc1nc2cccc3c2n1-c1ccc(-c2ccc4cc(-c5ccccc5)ccc4c2)cc1P3(=O)c1ccccc1. The van der Waals surface area contributed by atoms with Gasteiger partial charge in [-0.3, -0.25) is 13.7 Å². The Morgan fingerprint density at radius 2 is 0.410 bits per heavy atom. The van der Waals surface area contributed by atoms with E-state index in [1.165, 1.54) is 109 Å². The van der Waals surface area contributed by atoms with Crippen molar-refractivity contribution in [3.8, 4) is 106 Å². The minimum Gasteiger partial charge on any atom is -0.308 e. The van der Waals surface area contributed by atoms with Crippen LogP contribution in [0.5, 0.6) is 0 Å². The van der Waals surface area contributed by atoms with Gasteiger partial charge in [-0.05, 0) is 284 Å². The fraction of sp³-hybridized carbons (Fsp3) is 0.0227. The summed E-state index contributed by atoms with van der Waals surface area (Å²) in [6.45, 7) is 6.07. The van der Waals surface area contributed by atoms with Crippen LogP contribution in [0.3, 0.4) is 0 Å². The van der Waals surface area contributed by atoms with Gasteiger partial charge in [0.25, 0.3) is 0 Å². The molecule has 3 aromatic heterocycles. The molecular weight excluding hydrogens is 1810 g/mol. The third-order valence-corrected chi connectivity index (χ3v) is 39.1. The molecule has 0 N–H and O–H groups in total. The average Bonchev–Trinajstić information content (AvgIpc) is 1.48. The Hall–Kier alpha value is -17.3. The number of rotatable bonds is 11. The molecule has 680 valence electrons. The molecule has 0 amide bonds. The maximum Gasteiger partial charge on any atom is 0.175 e. The molecule has 3 aliphatic rings. The largest absolute Gasteiger partial charge is 0.308 e. The first-order valence-corrected chi connectivity index (χ1v) is 54.0. The second kappa shape index (κ2) is 34.0. The van der Waals surface area contributed by atoms with E-state index in [4.69, 9.17) is 15.0 Å². The fourth-order valence-electron chi connectivity index (χ4n) is 22.9. The summed E-state index contributed by atoms with van der Waals surface area (Å²) in [5.74, 6) is 2.68. The summed E-state index contributed by atoms with van der Waals surface area (Å²) in [6, 6.07) is 170. The van der Waals surface area contributed by atoms with Crippen LogP contribution in [0.2, 0.25) is 0 Å². The monoisotopic (exact) mass is 1900 g/mol. The van der Waals surface area contributed by atoms with Crippen molar-refractivity contribution in [1.29, 1.82) is 0 Å². The topological polar surface area (TPSA) is 105 Å². The van der Waals surface area contributed by atoms with Crippen molar-refractivity contribution < 1.29 is 13.7 Å². The van der Waals surface area contributed by atoms with E-state index >= 15 is 13.7 Å². The van der Waals surface area contributed by atoms with Crippen molar-refractivity contribution >= 4 is 167 Å². The maximum atomic E-state index is 15.8. The van der Waals surface area contributed by atoms with Crippen LogP contribution in [0, 0.1) is 20.8 Å². The molecule has 144 heavy (non-hydrogen) atoms. The number of hydrogen-bond donors (Lipinski definition) is 0. The van der Waals surface area contributed by atoms with Gasteiger partial charge in [0.15, 0.2) is 21.4 Å². The van der Waals surface area contributed by atoms with Crippen LogP contribution in [0.15, 0.2) is 485 Å². The molecule has 0 fully saturated rings. The van der Waals surface area contributed by atoms with E-state index in [1.54, 1.807) is 0 Å². The third kappa shape index (κ3) is 13.8. The quantitative estimate of drug-likeness (QED) is 0.0944. The Labute approximate surface area is 832 Å². The molecule has 0 radical (unpaired) electrons. The van der Waals surface area contributed by atoms with E-state index in [9.17, 15) is 0 Å². The van der Waals surface area contributed by atoms with Gasteiger partial charge in [-0.1, -0.05) is 376 Å². The van der Waals surface area contributed by atoms with E-state index in [2.05, 4.69) is 347 Å². The Bertz CT molecular complexity index is 9990. The molecule has 23 aromatic carbocycles. The smallest absolute Gasteiger partial charge is 0.175 e. The molecule has 0 bridgehead atoms. The highest BCUT2D eigenvalue weighted by atomic mass is 31.2. The van der Waals surface area contributed by atoms with Gasteiger partial charge in [0, 0.05) is 47.7 Å². The van der Waals surface area contributed by atoms with Crippen molar-refractivity contribution in [2.24, 2.45) is 0 Å². The normalized spacial score (nSPS) is 15.2. The second-order valence-electron chi connectivity index (χ2n) is 37.9. The van der Waals surface area contributed by atoms with Crippen LogP contribution >= 0.6 is 21.4 Å². The number of benzene rings is 23. The van der Waals surface area contributed by atoms with E-state index in [-0.39, 0.29) is 0 Å². The highest BCUT2D eigenvalue weighted by Crippen LogP contribution is 2.55. The number of imidazole rings is 3. The van der Waals surface area contributed by atoms with Crippen molar-refractivity contribution in [2.45, 2.75) is 20.8 Å². The number of fused-ring (bicyclic) bond motifs is 12. The van der Waals surface area contributed by atoms with Crippen molar-refractivity contribution in [1.82, 2.24) is 28.7 Å². The first-order valence-electron chi connectivity index (χ1n) is 48.9. The zero-order valence-electron chi connectivity index (χ0n) is 78.9. The Morgan fingerprint density at radius 3 is 0.771 bits per heavy atom. The molecule has 3 atom stereocenters. The van der Waals surface area contributed by atoms with Crippen molar-refractivity contribution in [2.75, 3.05) is 0 Å². The molecule has 29 rings (SSSR count). The highest BCUT2D eigenvalue weighted by Gasteiger charge is 2.44. The predicted octanol–water partition coefficient (Wildman–Crippen LogP) is 30.1. The molecule has 9 nitrogen and oxygen atoms in total. The summed E-state index contributed by atoms with van der Waals surface area (Å²) in [5.41, 5.74) is 26.7. The number of aromatic nitrogens is 6. The molecule has 0 spiro atoms. The van der Waals surface area contributed by atoms with Gasteiger partial charge < -0.3 is 13.7 Å². The molecule has 0 aliphatic carbocycles. The Kier molecular flexibility index (Phi) is 20.3. The minimum atomic E-state index is -3.24. The van der Waals surface area contributed by atoms with Gasteiger partial charge >= 0.3 is 0 Å². The van der Waals surface area contributed by atoms with Crippen LogP contribution in [-0.2, 0) is 13.7 Å². The summed E-state index contributed by atoms with van der Waals surface area (Å²) >= 11 is 0. The molecule has 3 aliphatic heterocycles. The van der Waals surface area contributed by atoms with Crippen LogP contribution in [0.4, 0.5) is 0 Å². The average molecular weight is 1900 g/mol. The van der Waals surface area contributed by atoms with E-state index in [0.717, 1.165) is 160 Å². The highest BCUT2D eigenvalue weighted by molar-refractivity contribution is 7.87.